The second-order valence-corrected chi connectivity index (χ2v) is 6.98. The summed E-state index contributed by atoms with van der Waals surface area (Å²) in [5, 5.41) is 0. The lowest BCUT2D eigenvalue weighted by Gasteiger charge is -2.21. The summed E-state index contributed by atoms with van der Waals surface area (Å²) in [4.78, 5) is 12.1. The minimum atomic E-state index is -0.231. The number of halogens is 1. The molecule has 0 radical (unpaired) electrons. The molecule has 0 spiro atoms. The average molecular weight is 317 g/mol. The predicted octanol–water partition coefficient (Wildman–Crippen LogP) is 4.42. The summed E-state index contributed by atoms with van der Waals surface area (Å²) in [7, 11) is 1.43. The van der Waals surface area contributed by atoms with Gasteiger partial charge in [0.1, 0.15) is 4.88 Å². The van der Waals surface area contributed by atoms with Crippen LogP contribution in [-0.2, 0) is 11.2 Å². The van der Waals surface area contributed by atoms with Gasteiger partial charge in [0.05, 0.1) is 10.9 Å². The fraction of sp³-hybridized carbons (Fsp3) is 0.615. The Hall–Kier alpha value is -0.350. The second kappa shape index (κ2) is 6.01. The quantitative estimate of drug-likeness (QED) is 0.771. The van der Waals surface area contributed by atoms with E-state index < -0.39 is 0 Å². The molecule has 1 aromatic rings. The van der Waals surface area contributed by atoms with E-state index in [1.807, 2.05) is 6.07 Å². The van der Waals surface area contributed by atoms with Crippen LogP contribution in [0.25, 0.3) is 0 Å². The van der Waals surface area contributed by atoms with Gasteiger partial charge >= 0.3 is 5.97 Å². The van der Waals surface area contributed by atoms with Gasteiger partial charge in [-0.3, -0.25) is 0 Å². The molecule has 0 amide bonds. The monoisotopic (exact) mass is 316 g/mol. The van der Waals surface area contributed by atoms with Crippen molar-refractivity contribution in [1.29, 1.82) is 0 Å². The van der Waals surface area contributed by atoms with Gasteiger partial charge in [-0.05, 0) is 39.9 Å². The number of rotatable bonds is 3. The Kier molecular flexibility index (Phi) is 4.62. The number of methoxy groups -OCH3 is 1. The third-order valence-corrected chi connectivity index (χ3v) is 5.32. The van der Waals surface area contributed by atoms with Gasteiger partial charge in [-0.1, -0.05) is 32.1 Å². The summed E-state index contributed by atoms with van der Waals surface area (Å²) >= 11 is 5.03. The van der Waals surface area contributed by atoms with E-state index in [0.29, 0.717) is 4.88 Å². The smallest absolute Gasteiger partial charge is 0.348 e. The molecule has 1 fully saturated rings. The van der Waals surface area contributed by atoms with Crippen molar-refractivity contribution in [3.05, 3.63) is 20.3 Å². The number of thiophene rings is 1. The number of hydrogen-bond donors (Lipinski definition) is 0. The van der Waals surface area contributed by atoms with Crippen LogP contribution >= 0.6 is 27.3 Å². The van der Waals surface area contributed by atoms with Crippen LogP contribution < -0.4 is 0 Å². The Bertz CT molecular complexity index is 394. The molecule has 1 aliphatic rings. The third-order valence-electron chi connectivity index (χ3n) is 3.38. The highest BCUT2D eigenvalue weighted by Crippen LogP contribution is 2.34. The number of carbonyl (C=O) groups excluding carboxylic acids is 1. The first-order chi connectivity index (χ1) is 8.20. The molecule has 1 heterocycles. The van der Waals surface area contributed by atoms with E-state index in [9.17, 15) is 4.79 Å². The van der Waals surface area contributed by atoms with Gasteiger partial charge in [-0.2, -0.15) is 0 Å². The van der Waals surface area contributed by atoms with Gasteiger partial charge in [-0.25, -0.2) is 4.79 Å². The molecule has 0 N–H and O–H groups in total. The van der Waals surface area contributed by atoms with Crippen LogP contribution in [0, 0.1) is 5.92 Å². The van der Waals surface area contributed by atoms with Gasteiger partial charge in [0.2, 0.25) is 0 Å². The van der Waals surface area contributed by atoms with Crippen LogP contribution in [0.4, 0.5) is 0 Å². The Morgan fingerprint density at radius 2 is 2.18 bits per heavy atom. The van der Waals surface area contributed by atoms with Crippen molar-refractivity contribution in [3.63, 3.8) is 0 Å². The van der Waals surface area contributed by atoms with Crippen molar-refractivity contribution in [1.82, 2.24) is 0 Å². The Balaban J connectivity index is 2.04. The molecule has 0 aromatic carbocycles. The third kappa shape index (κ3) is 3.32. The van der Waals surface area contributed by atoms with Gasteiger partial charge in [0.15, 0.2) is 0 Å². The van der Waals surface area contributed by atoms with Crippen molar-refractivity contribution in [3.8, 4) is 0 Å². The molecule has 0 bridgehead atoms. The van der Waals surface area contributed by atoms with Gasteiger partial charge in [-0.15, -0.1) is 11.3 Å². The highest BCUT2D eigenvalue weighted by molar-refractivity contribution is 9.11. The van der Waals surface area contributed by atoms with E-state index >= 15 is 0 Å². The van der Waals surface area contributed by atoms with Crippen molar-refractivity contribution < 1.29 is 9.53 Å². The summed E-state index contributed by atoms with van der Waals surface area (Å²) in [6.45, 7) is 0. The van der Waals surface area contributed by atoms with Gasteiger partial charge in [0, 0.05) is 0 Å². The van der Waals surface area contributed by atoms with Gasteiger partial charge in [0.25, 0.3) is 0 Å². The molecular formula is C13H17BrO2S. The zero-order chi connectivity index (χ0) is 12.3. The fourth-order valence-corrected chi connectivity index (χ4v) is 4.08. The molecule has 1 aromatic heterocycles. The van der Waals surface area contributed by atoms with E-state index in [1.165, 1.54) is 56.1 Å². The molecule has 1 saturated carbocycles. The average Bonchev–Trinajstić information content (AvgIpc) is 2.71. The SMILES string of the molecule is COC(=O)c1cc(CC2CCCCC2)c(Br)s1. The van der Waals surface area contributed by atoms with E-state index in [4.69, 9.17) is 4.74 Å². The topological polar surface area (TPSA) is 26.3 Å². The zero-order valence-corrected chi connectivity index (χ0v) is 12.4. The lowest BCUT2D eigenvalue weighted by Crippen LogP contribution is -2.09. The van der Waals surface area contributed by atoms with E-state index in [2.05, 4.69) is 15.9 Å². The van der Waals surface area contributed by atoms with E-state index in [-0.39, 0.29) is 5.97 Å². The van der Waals surface area contributed by atoms with Crippen LogP contribution in [0.5, 0.6) is 0 Å². The number of ether oxygens (including phenoxy) is 1. The predicted molar refractivity (Wildman–Crippen MR) is 73.6 cm³/mol. The van der Waals surface area contributed by atoms with E-state index in [0.717, 1.165) is 16.1 Å². The highest BCUT2D eigenvalue weighted by Gasteiger charge is 2.18. The summed E-state index contributed by atoms with van der Waals surface area (Å²) in [6, 6.07) is 1.98. The number of carbonyl (C=O) groups is 1. The first-order valence-electron chi connectivity index (χ1n) is 6.07. The Morgan fingerprint density at radius 1 is 1.47 bits per heavy atom. The standard InChI is InChI=1S/C13H17BrO2S/c1-16-13(15)11-8-10(12(14)17-11)7-9-5-3-2-4-6-9/h8-9H,2-7H2,1H3. The van der Waals surface area contributed by atoms with Crippen molar-refractivity contribution in [2.75, 3.05) is 7.11 Å². The second-order valence-electron chi connectivity index (χ2n) is 4.61. The molecule has 2 rings (SSSR count). The minimum Gasteiger partial charge on any atom is -0.465 e. The summed E-state index contributed by atoms with van der Waals surface area (Å²) in [5.74, 6) is 0.561. The molecule has 0 atom stereocenters. The first-order valence-corrected chi connectivity index (χ1v) is 7.68. The molecule has 1 aliphatic carbocycles. The molecule has 0 unspecified atom stereocenters. The fourth-order valence-electron chi connectivity index (χ4n) is 2.45. The molecule has 2 nitrogen and oxygen atoms in total. The van der Waals surface area contributed by atoms with Crippen LogP contribution in [-0.4, -0.2) is 13.1 Å². The number of esters is 1. The normalized spacial score (nSPS) is 17.1. The van der Waals surface area contributed by atoms with Crippen molar-refractivity contribution in [2.24, 2.45) is 5.92 Å². The van der Waals surface area contributed by atoms with E-state index in [1.54, 1.807) is 0 Å². The molecule has 0 aliphatic heterocycles. The maximum atomic E-state index is 11.4. The molecule has 17 heavy (non-hydrogen) atoms. The van der Waals surface area contributed by atoms with Crippen molar-refractivity contribution in [2.45, 2.75) is 38.5 Å². The largest absolute Gasteiger partial charge is 0.465 e. The van der Waals surface area contributed by atoms with Crippen LogP contribution in [0.3, 0.4) is 0 Å². The highest BCUT2D eigenvalue weighted by atomic mass is 79.9. The summed E-state index contributed by atoms with van der Waals surface area (Å²) in [6.07, 6.45) is 7.85. The lowest BCUT2D eigenvalue weighted by atomic mass is 9.85. The molecule has 0 saturated heterocycles. The van der Waals surface area contributed by atoms with Crippen LogP contribution in [0.15, 0.2) is 9.85 Å². The maximum Gasteiger partial charge on any atom is 0.348 e. The lowest BCUT2D eigenvalue weighted by molar-refractivity contribution is 0.0606. The van der Waals surface area contributed by atoms with Crippen LogP contribution in [0.1, 0.15) is 47.3 Å². The molecular weight excluding hydrogens is 300 g/mol. The summed E-state index contributed by atoms with van der Waals surface area (Å²) in [5.41, 5.74) is 1.27. The summed E-state index contributed by atoms with van der Waals surface area (Å²) < 4.78 is 5.83. The number of hydrogen-bond acceptors (Lipinski definition) is 3. The Morgan fingerprint density at radius 3 is 2.82 bits per heavy atom. The minimum absolute atomic E-state index is 0.231. The van der Waals surface area contributed by atoms with Gasteiger partial charge < -0.3 is 4.74 Å². The molecule has 94 valence electrons. The van der Waals surface area contributed by atoms with Crippen molar-refractivity contribution >= 4 is 33.2 Å². The molecule has 4 heteroatoms. The first kappa shape index (κ1) is 13.1. The zero-order valence-electron chi connectivity index (χ0n) is 10.0. The van der Waals surface area contributed by atoms with Crippen LogP contribution in [0.2, 0.25) is 0 Å². The maximum absolute atomic E-state index is 11.4. The Labute approximate surface area is 114 Å².